The summed E-state index contributed by atoms with van der Waals surface area (Å²) in [5, 5.41) is 6.55. The Balaban J connectivity index is 1.54. The molecule has 1 N–H and O–H groups in total. The molecule has 1 aliphatic rings. The van der Waals surface area contributed by atoms with Crippen LogP contribution in [0.1, 0.15) is 10.6 Å². The zero-order valence-corrected chi connectivity index (χ0v) is 18.1. The predicted octanol–water partition coefficient (Wildman–Crippen LogP) is 5.16. The molecule has 6 heteroatoms. The van der Waals surface area contributed by atoms with Crippen LogP contribution in [0.5, 0.6) is 0 Å². The first-order chi connectivity index (χ1) is 16.8. The van der Waals surface area contributed by atoms with E-state index in [1.807, 2.05) is 66.7 Å². The smallest absolute Gasteiger partial charge is 0.360 e. The second kappa shape index (κ2) is 7.22. The number of aromatic nitrogens is 3. The molecule has 3 aromatic heterocycles. The molecular weight excluding hydrogens is 424 g/mol. The topological polar surface area (TPSA) is 71.9 Å². The Morgan fingerprint density at radius 2 is 1.76 bits per heavy atom. The molecule has 0 amide bonds. The number of nitrogens with one attached hydrogen (secondary N) is 1. The number of carbonyl (C=O) groups excluding carboxylic acids is 1. The molecule has 0 saturated heterocycles. The van der Waals surface area contributed by atoms with E-state index in [-0.39, 0.29) is 5.91 Å². The average molecular weight is 443 g/mol. The summed E-state index contributed by atoms with van der Waals surface area (Å²) in [6, 6.07) is 25.4. The molecule has 162 valence electrons. The van der Waals surface area contributed by atoms with Crippen molar-refractivity contribution in [2.75, 3.05) is 5.32 Å². The largest absolute Gasteiger partial charge is 0.469 e. The molecule has 7 rings (SSSR count). The molecule has 0 saturated carbocycles. The number of rotatable bonds is 3. The Labute approximate surface area is 194 Å². The summed E-state index contributed by atoms with van der Waals surface area (Å²) in [5.41, 5.74) is 4.14. The number of anilines is 1. The van der Waals surface area contributed by atoms with Crippen molar-refractivity contribution in [2.45, 2.75) is 12.5 Å². The molecule has 34 heavy (non-hydrogen) atoms. The maximum absolute atomic E-state index is 13.7. The van der Waals surface area contributed by atoms with Gasteiger partial charge >= 0.3 is 11.7 Å². The molecule has 4 heterocycles. The minimum atomic E-state index is -0.447. The summed E-state index contributed by atoms with van der Waals surface area (Å²) in [7, 11) is 0. The van der Waals surface area contributed by atoms with Gasteiger partial charge in [0.1, 0.15) is 11.3 Å². The highest BCUT2D eigenvalue weighted by Gasteiger charge is 2.43. The van der Waals surface area contributed by atoms with Crippen LogP contribution < -0.4 is 9.88 Å². The van der Waals surface area contributed by atoms with Gasteiger partial charge in [-0.1, -0.05) is 42.5 Å². The molecule has 1 aliphatic heterocycles. The standard InChI is InChI=1S/C28H18N4O2/c33-28-23(16-18-7-5-15-34-18)30-27-26(21-13-14-29-22-10-4-3-9-20(21)22)31-25-19-8-2-1-6-17(19)11-12-24(25)32(27)28/h1-15,23H,16H2/p+1. The molecular formula is C28H19N4O2+. The Bertz CT molecular complexity index is 1740. The van der Waals surface area contributed by atoms with Gasteiger partial charge < -0.3 is 4.42 Å². The SMILES string of the molecule is O=C1C(Cc2ccco2)Nc2c(-c3ccnc4ccccc34)nc3c4ccccc4ccc3[n+]21. The number of furan rings is 1. The highest BCUT2D eigenvalue weighted by atomic mass is 16.3. The van der Waals surface area contributed by atoms with E-state index in [0.717, 1.165) is 49.7 Å². The van der Waals surface area contributed by atoms with Gasteiger partial charge in [0.15, 0.2) is 11.2 Å². The van der Waals surface area contributed by atoms with Gasteiger partial charge in [0.2, 0.25) is 6.04 Å². The molecule has 0 radical (unpaired) electrons. The molecule has 0 fully saturated rings. The van der Waals surface area contributed by atoms with E-state index in [2.05, 4.69) is 22.4 Å². The van der Waals surface area contributed by atoms with Crippen molar-refractivity contribution in [2.24, 2.45) is 0 Å². The average Bonchev–Trinajstić information content (AvgIpc) is 3.51. The second-order valence-electron chi connectivity index (χ2n) is 8.49. The molecule has 1 atom stereocenters. The van der Waals surface area contributed by atoms with Crippen molar-refractivity contribution in [3.05, 3.63) is 97.1 Å². The van der Waals surface area contributed by atoms with Crippen molar-refractivity contribution in [1.29, 1.82) is 0 Å². The van der Waals surface area contributed by atoms with Crippen molar-refractivity contribution in [3.8, 4) is 11.3 Å². The number of fused-ring (bicyclic) bond motifs is 6. The Morgan fingerprint density at radius 3 is 2.65 bits per heavy atom. The fourth-order valence-electron chi connectivity index (χ4n) is 4.94. The van der Waals surface area contributed by atoms with Crippen molar-refractivity contribution in [3.63, 3.8) is 0 Å². The number of benzene rings is 3. The van der Waals surface area contributed by atoms with Crippen LogP contribution in [0.2, 0.25) is 0 Å². The molecule has 0 aliphatic carbocycles. The molecule has 6 nitrogen and oxygen atoms in total. The number of carbonyl (C=O) groups is 1. The van der Waals surface area contributed by atoms with Crippen LogP contribution in [-0.2, 0) is 6.42 Å². The zero-order valence-electron chi connectivity index (χ0n) is 18.1. The van der Waals surface area contributed by atoms with E-state index < -0.39 is 6.04 Å². The lowest BCUT2D eigenvalue weighted by Gasteiger charge is -2.10. The zero-order chi connectivity index (χ0) is 22.6. The van der Waals surface area contributed by atoms with Crippen LogP contribution in [0, 0.1) is 0 Å². The minimum absolute atomic E-state index is 0.0197. The number of para-hydroxylation sites is 1. The number of pyridine rings is 1. The summed E-state index contributed by atoms with van der Waals surface area (Å²) in [6.07, 6.45) is 3.88. The number of hydrogen-bond acceptors (Lipinski definition) is 5. The fraction of sp³-hybridized carbons (Fsp3) is 0.0714. The van der Waals surface area contributed by atoms with E-state index in [1.165, 1.54) is 0 Å². The first-order valence-electron chi connectivity index (χ1n) is 11.2. The molecule has 6 aromatic rings. The first kappa shape index (κ1) is 18.9. The lowest BCUT2D eigenvalue weighted by atomic mass is 10.0. The maximum Gasteiger partial charge on any atom is 0.360 e. The number of hydrogen-bond donors (Lipinski definition) is 1. The fourth-order valence-corrected chi connectivity index (χ4v) is 4.94. The van der Waals surface area contributed by atoms with Crippen LogP contribution >= 0.6 is 0 Å². The van der Waals surface area contributed by atoms with Crippen LogP contribution in [0.4, 0.5) is 5.82 Å². The maximum atomic E-state index is 13.7. The van der Waals surface area contributed by atoms with Crippen LogP contribution in [0.25, 0.3) is 44.0 Å². The Morgan fingerprint density at radius 1 is 0.912 bits per heavy atom. The van der Waals surface area contributed by atoms with E-state index >= 15 is 0 Å². The number of nitrogens with zero attached hydrogens (tertiary/aromatic N) is 3. The summed E-state index contributed by atoms with van der Waals surface area (Å²) < 4.78 is 7.32. The van der Waals surface area contributed by atoms with E-state index in [0.29, 0.717) is 12.2 Å². The summed E-state index contributed by atoms with van der Waals surface area (Å²) in [6.45, 7) is 0. The molecule has 3 aromatic carbocycles. The molecule has 0 spiro atoms. The molecule has 1 unspecified atom stereocenters. The van der Waals surface area contributed by atoms with Gasteiger partial charge in [-0.25, -0.2) is 9.78 Å². The van der Waals surface area contributed by atoms with Crippen LogP contribution in [-0.4, -0.2) is 21.9 Å². The second-order valence-corrected chi connectivity index (χ2v) is 8.49. The van der Waals surface area contributed by atoms with E-state index in [9.17, 15) is 4.79 Å². The van der Waals surface area contributed by atoms with Gasteiger partial charge in [-0.15, -0.1) is 0 Å². The van der Waals surface area contributed by atoms with Gasteiger partial charge in [-0.05, 0) is 41.8 Å². The Hall–Kier alpha value is -4.58. The predicted molar refractivity (Wildman–Crippen MR) is 131 cm³/mol. The summed E-state index contributed by atoms with van der Waals surface area (Å²) >= 11 is 0. The lowest BCUT2D eigenvalue weighted by Crippen LogP contribution is -2.44. The molecule has 0 bridgehead atoms. The highest BCUT2D eigenvalue weighted by molar-refractivity contribution is 6.06. The van der Waals surface area contributed by atoms with Gasteiger partial charge in [0.05, 0.1) is 18.2 Å². The van der Waals surface area contributed by atoms with Gasteiger partial charge in [-0.2, -0.15) is 4.57 Å². The van der Waals surface area contributed by atoms with E-state index in [1.54, 1.807) is 17.0 Å². The Kier molecular flexibility index (Phi) is 4.02. The van der Waals surface area contributed by atoms with Gasteiger partial charge in [-0.3, -0.25) is 10.3 Å². The summed E-state index contributed by atoms with van der Waals surface area (Å²) in [4.78, 5) is 23.4. The normalized spacial score (nSPS) is 15.2. The monoisotopic (exact) mass is 443 g/mol. The summed E-state index contributed by atoms with van der Waals surface area (Å²) in [5.74, 6) is 1.44. The third kappa shape index (κ3) is 2.75. The first-order valence-corrected chi connectivity index (χ1v) is 11.2. The quantitative estimate of drug-likeness (QED) is 0.302. The van der Waals surface area contributed by atoms with Crippen molar-refractivity contribution < 1.29 is 13.8 Å². The highest BCUT2D eigenvalue weighted by Crippen LogP contribution is 2.35. The third-order valence-electron chi connectivity index (χ3n) is 6.51. The van der Waals surface area contributed by atoms with Crippen LogP contribution in [0.15, 0.2) is 95.7 Å². The lowest BCUT2D eigenvalue weighted by molar-refractivity contribution is -0.523. The van der Waals surface area contributed by atoms with Gasteiger partial charge in [0, 0.05) is 22.5 Å². The van der Waals surface area contributed by atoms with Crippen molar-refractivity contribution in [1.82, 2.24) is 9.97 Å². The van der Waals surface area contributed by atoms with Gasteiger partial charge in [0.25, 0.3) is 0 Å². The van der Waals surface area contributed by atoms with E-state index in [4.69, 9.17) is 9.40 Å². The third-order valence-corrected chi connectivity index (χ3v) is 6.51. The van der Waals surface area contributed by atoms with Crippen LogP contribution in [0.3, 0.4) is 0 Å². The van der Waals surface area contributed by atoms with Crippen molar-refractivity contribution >= 4 is 44.4 Å². The minimum Gasteiger partial charge on any atom is -0.469 e.